The number of rotatable bonds is 3. The first-order valence-corrected chi connectivity index (χ1v) is 6.98. The molecule has 1 aliphatic heterocycles. The highest BCUT2D eigenvalue weighted by molar-refractivity contribution is 5.73. The molecule has 0 radical (unpaired) electrons. The molecule has 7 nitrogen and oxygen atoms in total. The van der Waals surface area contributed by atoms with E-state index in [-0.39, 0.29) is 12.0 Å². The van der Waals surface area contributed by atoms with Crippen molar-refractivity contribution < 1.29 is 9.53 Å². The molecule has 3 heterocycles. The van der Waals surface area contributed by atoms with Crippen LogP contribution in [0.3, 0.4) is 0 Å². The topological polar surface area (TPSA) is 73.1 Å². The van der Waals surface area contributed by atoms with Gasteiger partial charge in [-0.15, -0.1) is 10.2 Å². The summed E-state index contributed by atoms with van der Waals surface area (Å²) in [4.78, 5) is 13.1. The molecule has 0 N–H and O–H groups in total. The standard InChI is InChI=1S/C14H17N5O2/c1-11(20)18-9-5-12(6-10-18)21-14-4-3-13(16-17-14)19-8-2-7-15-19/h2-4,7-8,12H,5-6,9-10H2,1H3. The molecule has 110 valence electrons. The van der Waals surface area contributed by atoms with Crippen LogP contribution in [-0.2, 0) is 4.79 Å². The zero-order chi connectivity index (χ0) is 14.7. The van der Waals surface area contributed by atoms with Gasteiger partial charge in [-0.2, -0.15) is 5.10 Å². The van der Waals surface area contributed by atoms with Gasteiger partial charge < -0.3 is 9.64 Å². The number of nitrogens with zero attached hydrogens (tertiary/aromatic N) is 5. The monoisotopic (exact) mass is 287 g/mol. The lowest BCUT2D eigenvalue weighted by atomic mass is 10.1. The molecule has 0 bridgehead atoms. The molecule has 0 unspecified atom stereocenters. The predicted molar refractivity (Wildman–Crippen MR) is 75.1 cm³/mol. The first-order valence-electron chi connectivity index (χ1n) is 6.98. The molecule has 3 rings (SSSR count). The Hall–Kier alpha value is -2.44. The maximum atomic E-state index is 11.3. The summed E-state index contributed by atoms with van der Waals surface area (Å²) in [5.41, 5.74) is 0. The van der Waals surface area contributed by atoms with Gasteiger partial charge in [-0.25, -0.2) is 4.68 Å². The lowest BCUT2D eigenvalue weighted by molar-refractivity contribution is -0.130. The minimum atomic E-state index is 0.0884. The Morgan fingerprint density at radius 2 is 2.10 bits per heavy atom. The van der Waals surface area contributed by atoms with Crippen LogP contribution in [0.1, 0.15) is 19.8 Å². The lowest BCUT2D eigenvalue weighted by Crippen LogP contribution is -2.40. The van der Waals surface area contributed by atoms with Crippen molar-refractivity contribution in [3.05, 3.63) is 30.6 Å². The fourth-order valence-electron chi connectivity index (χ4n) is 2.36. The average molecular weight is 287 g/mol. The fourth-order valence-corrected chi connectivity index (χ4v) is 2.36. The van der Waals surface area contributed by atoms with Gasteiger partial charge in [0, 0.05) is 51.3 Å². The molecule has 0 aromatic carbocycles. The van der Waals surface area contributed by atoms with Gasteiger partial charge in [0.1, 0.15) is 6.10 Å². The molecule has 0 spiro atoms. The van der Waals surface area contributed by atoms with Gasteiger partial charge in [0.2, 0.25) is 11.8 Å². The molecule has 0 aliphatic carbocycles. The third-order valence-corrected chi connectivity index (χ3v) is 3.54. The van der Waals surface area contributed by atoms with E-state index in [1.807, 2.05) is 23.2 Å². The molecule has 1 fully saturated rings. The van der Waals surface area contributed by atoms with Gasteiger partial charge in [-0.1, -0.05) is 0 Å². The van der Waals surface area contributed by atoms with Crippen molar-refractivity contribution in [3.63, 3.8) is 0 Å². The first-order chi connectivity index (χ1) is 10.2. The molecule has 0 saturated carbocycles. The van der Waals surface area contributed by atoms with E-state index in [1.165, 1.54) is 0 Å². The van der Waals surface area contributed by atoms with Crippen LogP contribution >= 0.6 is 0 Å². The predicted octanol–water partition coefficient (Wildman–Crippen LogP) is 1.05. The van der Waals surface area contributed by atoms with E-state index in [9.17, 15) is 4.79 Å². The molecule has 1 aliphatic rings. The van der Waals surface area contributed by atoms with E-state index in [0.29, 0.717) is 11.7 Å². The maximum Gasteiger partial charge on any atom is 0.233 e. The number of hydrogen-bond acceptors (Lipinski definition) is 5. The number of ether oxygens (including phenoxy) is 1. The Labute approximate surface area is 122 Å². The summed E-state index contributed by atoms with van der Waals surface area (Å²) in [6.45, 7) is 3.07. The molecule has 21 heavy (non-hydrogen) atoms. The van der Waals surface area contributed by atoms with Crippen molar-refractivity contribution >= 4 is 5.91 Å². The van der Waals surface area contributed by atoms with Crippen molar-refractivity contribution in [2.24, 2.45) is 0 Å². The highest BCUT2D eigenvalue weighted by atomic mass is 16.5. The molecule has 2 aromatic heterocycles. The van der Waals surface area contributed by atoms with Crippen LogP contribution in [0.25, 0.3) is 5.82 Å². The van der Waals surface area contributed by atoms with Crippen molar-refractivity contribution in [2.45, 2.75) is 25.9 Å². The Bertz CT molecular complexity index is 588. The van der Waals surface area contributed by atoms with Crippen molar-refractivity contribution in [3.8, 4) is 11.7 Å². The minimum Gasteiger partial charge on any atom is -0.473 e. The maximum absolute atomic E-state index is 11.3. The Balaban J connectivity index is 1.58. The average Bonchev–Trinajstić information content (AvgIpc) is 3.03. The normalized spacial score (nSPS) is 16.0. The summed E-state index contributed by atoms with van der Waals surface area (Å²) in [5.74, 6) is 1.28. The quantitative estimate of drug-likeness (QED) is 0.843. The van der Waals surface area contributed by atoms with E-state index in [4.69, 9.17) is 4.74 Å². The molecule has 0 atom stereocenters. The van der Waals surface area contributed by atoms with Crippen LogP contribution in [0.15, 0.2) is 30.6 Å². The molecule has 1 saturated heterocycles. The second-order valence-corrected chi connectivity index (χ2v) is 5.00. The number of likely N-dealkylation sites (tertiary alicyclic amines) is 1. The van der Waals surface area contributed by atoms with Crippen LogP contribution < -0.4 is 4.74 Å². The van der Waals surface area contributed by atoms with Gasteiger partial charge in [0.25, 0.3) is 0 Å². The second-order valence-electron chi connectivity index (χ2n) is 5.00. The van der Waals surface area contributed by atoms with Crippen LogP contribution in [-0.4, -0.2) is 50.0 Å². The van der Waals surface area contributed by atoms with Crippen LogP contribution in [0.4, 0.5) is 0 Å². The lowest BCUT2D eigenvalue weighted by Gasteiger charge is -2.31. The van der Waals surface area contributed by atoms with Gasteiger partial charge in [0.05, 0.1) is 0 Å². The third-order valence-electron chi connectivity index (χ3n) is 3.54. The zero-order valence-electron chi connectivity index (χ0n) is 11.8. The second kappa shape index (κ2) is 5.90. The number of aromatic nitrogens is 4. The van der Waals surface area contributed by atoms with Crippen LogP contribution in [0.2, 0.25) is 0 Å². The number of piperidine rings is 1. The Kier molecular flexibility index (Phi) is 3.81. The summed E-state index contributed by atoms with van der Waals surface area (Å²) in [6.07, 6.45) is 5.23. The van der Waals surface area contributed by atoms with Gasteiger partial charge in [0.15, 0.2) is 5.82 Å². The summed E-state index contributed by atoms with van der Waals surface area (Å²) in [7, 11) is 0. The number of amides is 1. The van der Waals surface area contributed by atoms with Gasteiger partial charge >= 0.3 is 0 Å². The van der Waals surface area contributed by atoms with Crippen molar-refractivity contribution in [1.82, 2.24) is 24.9 Å². The SMILES string of the molecule is CC(=O)N1CCC(Oc2ccc(-n3cccn3)nn2)CC1. The van der Waals surface area contributed by atoms with E-state index in [0.717, 1.165) is 25.9 Å². The summed E-state index contributed by atoms with van der Waals surface area (Å²) in [6, 6.07) is 5.44. The van der Waals surface area contributed by atoms with E-state index in [1.54, 1.807) is 23.9 Å². The smallest absolute Gasteiger partial charge is 0.233 e. The molecule has 7 heteroatoms. The summed E-state index contributed by atoms with van der Waals surface area (Å²) >= 11 is 0. The number of carbonyl (C=O) groups excluding carboxylic acids is 1. The largest absolute Gasteiger partial charge is 0.473 e. The van der Waals surface area contributed by atoms with Gasteiger partial charge in [-0.05, 0) is 12.1 Å². The molecule has 2 aromatic rings. The molecular weight excluding hydrogens is 270 g/mol. The Morgan fingerprint density at radius 1 is 1.29 bits per heavy atom. The molecular formula is C14H17N5O2. The summed E-state index contributed by atoms with van der Waals surface area (Å²) in [5, 5.41) is 12.3. The van der Waals surface area contributed by atoms with E-state index < -0.39 is 0 Å². The van der Waals surface area contributed by atoms with Crippen LogP contribution in [0, 0.1) is 0 Å². The van der Waals surface area contributed by atoms with Crippen LogP contribution in [0.5, 0.6) is 5.88 Å². The number of hydrogen-bond donors (Lipinski definition) is 0. The van der Waals surface area contributed by atoms with Crippen molar-refractivity contribution in [2.75, 3.05) is 13.1 Å². The third kappa shape index (κ3) is 3.18. The Morgan fingerprint density at radius 3 is 2.67 bits per heavy atom. The van der Waals surface area contributed by atoms with E-state index in [2.05, 4.69) is 15.3 Å². The molecule has 1 amide bonds. The number of carbonyl (C=O) groups is 1. The van der Waals surface area contributed by atoms with Crippen molar-refractivity contribution in [1.29, 1.82) is 0 Å². The summed E-state index contributed by atoms with van der Waals surface area (Å²) < 4.78 is 7.46. The minimum absolute atomic E-state index is 0.0884. The zero-order valence-corrected chi connectivity index (χ0v) is 11.8. The fraction of sp³-hybridized carbons (Fsp3) is 0.429. The highest BCUT2D eigenvalue weighted by Gasteiger charge is 2.22. The first kappa shape index (κ1) is 13.5. The highest BCUT2D eigenvalue weighted by Crippen LogP contribution is 2.17. The van der Waals surface area contributed by atoms with Gasteiger partial charge in [-0.3, -0.25) is 4.79 Å². The van der Waals surface area contributed by atoms with E-state index >= 15 is 0 Å².